The van der Waals surface area contributed by atoms with E-state index >= 15 is 0 Å². The van der Waals surface area contributed by atoms with Gasteiger partial charge >= 0.3 is 0 Å². The minimum Gasteiger partial charge on any atom is -0.469 e. The predicted molar refractivity (Wildman–Crippen MR) is 81.1 cm³/mol. The second-order valence-electron chi connectivity index (χ2n) is 4.94. The van der Waals surface area contributed by atoms with Crippen LogP contribution in [0, 0.1) is 6.92 Å². The number of hydrogen-bond acceptors (Lipinski definition) is 5. The van der Waals surface area contributed by atoms with Crippen molar-refractivity contribution in [2.45, 2.75) is 19.5 Å². The number of aryl methyl sites for hydroxylation is 1. The molecule has 0 spiro atoms. The summed E-state index contributed by atoms with van der Waals surface area (Å²) < 4.78 is 8.26. The quantitative estimate of drug-likeness (QED) is 0.617. The number of rotatable bonds is 6. The second kappa shape index (κ2) is 6.53. The number of furan rings is 1. The van der Waals surface area contributed by atoms with Gasteiger partial charge in [-0.2, -0.15) is 5.10 Å². The van der Waals surface area contributed by atoms with Crippen LogP contribution in [0.4, 0.5) is 0 Å². The van der Waals surface area contributed by atoms with Gasteiger partial charge in [0.05, 0.1) is 35.2 Å². The van der Waals surface area contributed by atoms with Gasteiger partial charge < -0.3 is 9.32 Å². The molecule has 2 heterocycles. The predicted octanol–water partition coefficient (Wildman–Crippen LogP) is 1.66. The minimum atomic E-state index is -0.159. The summed E-state index contributed by atoms with van der Waals surface area (Å²) in [5.74, 6) is 6.60. The molecular formula is C13H20BrN5O. The van der Waals surface area contributed by atoms with Gasteiger partial charge in [0, 0.05) is 12.1 Å². The maximum Gasteiger partial charge on any atom is 0.105 e. The minimum absolute atomic E-state index is 0.159. The van der Waals surface area contributed by atoms with Crippen molar-refractivity contribution in [3.8, 4) is 0 Å². The molecule has 0 fully saturated rings. The Morgan fingerprint density at radius 1 is 1.55 bits per heavy atom. The summed E-state index contributed by atoms with van der Waals surface area (Å²) in [6.45, 7) is 3.62. The van der Waals surface area contributed by atoms with Crippen molar-refractivity contribution in [3.63, 3.8) is 0 Å². The molecule has 0 radical (unpaired) electrons. The van der Waals surface area contributed by atoms with Crippen LogP contribution in [0.25, 0.3) is 0 Å². The first-order chi connectivity index (χ1) is 9.54. The fraction of sp³-hybridized carbons (Fsp3) is 0.462. The van der Waals surface area contributed by atoms with Crippen LogP contribution < -0.4 is 11.3 Å². The fourth-order valence-electron chi connectivity index (χ4n) is 2.14. The molecule has 1 unspecified atom stereocenters. The molecule has 2 rings (SSSR count). The standard InChI is InChI=1S/C13H20BrN5O/c1-9-10(4-7-20-9)12(17-15)13-11(14)8-16-19(13)6-5-18(2)3/h4,7-8,12,17H,5-6,15H2,1-3H3. The Balaban J connectivity index is 2.34. The first-order valence-electron chi connectivity index (χ1n) is 6.40. The van der Waals surface area contributed by atoms with E-state index in [4.69, 9.17) is 10.3 Å². The molecule has 110 valence electrons. The zero-order valence-electron chi connectivity index (χ0n) is 11.9. The number of nitrogens with two attached hydrogens (primary N) is 1. The van der Waals surface area contributed by atoms with Gasteiger partial charge in [0.1, 0.15) is 5.76 Å². The Bertz CT molecular complexity index is 563. The summed E-state index contributed by atoms with van der Waals surface area (Å²) in [6, 6.07) is 1.77. The average molecular weight is 342 g/mol. The van der Waals surface area contributed by atoms with Crippen LogP contribution in [-0.2, 0) is 6.54 Å². The Labute approximate surface area is 127 Å². The van der Waals surface area contributed by atoms with Gasteiger partial charge in [0.2, 0.25) is 0 Å². The molecule has 0 aliphatic rings. The maximum absolute atomic E-state index is 5.75. The van der Waals surface area contributed by atoms with Crippen LogP contribution in [0.3, 0.4) is 0 Å². The molecule has 0 saturated carbocycles. The van der Waals surface area contributed by atoms with Crippen molar-refractivity contribution in [2.24, 2.45) is 5.84 Å². The van der Waals surface area contributed by atoms with Crippen molar-refractivity contribution < 1.29 is 4.42 Å². The summed E-state index contributed by atoms with van der Waals surface area (Å²) in [5, 5.41) is 4.41. The highest BCUT2D eigenvalue weighted by atomic mass is 79.9. The van der Waals surface area contributed by atoms with Crippen molar-refractivity contribution in [3.05, 3.63) is 40.0 Å². The Hall–Kier alpha value is -1.15. The highest BCUT2D eigenvalue weighted by Gasteiger charge is 2.23. The lowest BCUT2D eigenvalue weighted by atomic mass is 10.1. The molecule has 7 heteroatoms. The van der Waals surface area contributed by atoms with Crippen molar-refractivity contribution in [2.75, 3.05) is 20.6 Å². The molecule has 3 N–H and O–H groups in total. The first-order valence-corrected chi connectivity index (χ1v) is 7.20. The molecule has 20 heavy (non-hydrogen) atoms. The van der Waals surface area contributed by atoms with Gasteiger partial charge in [0.25, 0.3) is 0 Å². The fourth-order valence-corrected chi connectivity index (χ4v) is 2.67. The molecule has 1 atom stereocenters. The summed E-state index contributed by atoms with van der Waals surface area (Å²) >= 11 is 3.55. The molecule has 0 aliphatic carbocycles. The van der Waals surface area contributed by atoms with Crippen molar-refractivity contribution in [1.29, 1.82) is 0 Å². The topological polar surface area (TPSA) is 72.2 Å². The Kier molecular flexibility index (Phi) is 4.98. The normalized spacial score (nSPS) is 13.1. The molecule has 0 amide bonds. The molecule has 2 aromatic rings. The lowest BCUT2D eigenvalue weighted by molar-refractivity contribution is 0.365. The second-order valence-corrected chi connectivity index (χ2v) is 5.79. The zero-order chi connectivity index (χ0) is 14.7. The van der Waals surface area contributed by atoms with E-state index in [1.807, 2.05) is 31.8 Å². The third kappa shape index (κ3) is 3.12. The van der Waals surface area contributed by atoms with Crippen molar-refractivity contribution >= 4 is 15.9 Å². The molecule has 2 aromatic heterocycles. The summed E-state index contributed by atoms with van der Waals surface area (Å²) in [6.07, 6.45) is 3.47. The van der Waals surface area contributed by atoms with E-state index in [0.717, 1.165) is 34.6 Å². The number of aromatic nitrogens is 2. The SMILES string of the molecule is Cc1occc1C(NN)c1c(Br)cnn1CCN(C)C. The molecule has 6 nitrogen and oxygen atoms in total. The van der Waals surface area contributed by atoms with Gasteiger partial charge in [-0.15, -0.1) is 0 Å². The van der Waals surface area contributed by atoms with E-state index in [0.29, 0.717) is 0 Å². The summed E-state index contributed by atoms with van der Waals surface area (Å²) in [7, 11) is 4.08. The number of hydrazine groups is 1. The summed E-state index contributed by atoms with van der Waals surface area (Å²) in [4.78, 5) is 2.12. The zero-order valence-corrected chi connectivity index (χ0v) is 13.5. The van der Waals surface area contributed by atoms with Crippen LogP contribution in [0.2, 0.25) is 0 Å². The van der Waals surface area contributed by atoms with Gasteiger partial charge in [-0.25, -0.2) is 5.43 Å². The van der Waals surface area contributed by atoms with Gasteiger partial charge in [-0.05, 0) is 43.0 Å². The van der Waals surface area contributed by atoms with E-state index in [1.54, 1.807) is 12.5 Å². The van der Waals surface area contributed by atoms with Crippen LogP contribution in [-0.4, -0.2) is 35.3 Å². The maximum atomic E-state index is 5.75. The van der Waals surface area contributed by atoms with E-state index < -0.39 is 0 Å². The molecular weight excluding hydrogens is 322 g/mol. The molecule has 0 aliphatic heterocycles. The van der Waals surface area contributed by atoms with Crippen LogP contribution in [0.1, 0.15) is 23.1 Å². The smallest absolute Gasteiger partial charge is 0.105 e. The lowest BCUT2D eigenvalue weighted by Gasteiger charge is -2.19. The Morgan fingerprint density at radius 3 is 2.85 bits per heavy atom. The molecule has 0 aromatic carbocycles. The third-order valence-corrected chi connectivity index (χ3v) is 3.85. The van der Waals surface area contributed by atoms with Crippen LogP contribution in [0.5, 0.6) is 0 Å². The van der Waals surface area contributed by atoms with E-state index in [-0.39, 0.29) is 6.04 Å². The van der Waals surface area contributed by atoms with Gasteiger partial charge in [-0.1, -0.05) is 0 Å². The van der Waals surface area contributed by atoms with E-state index in [9.17, 15) is 0 Å². The lowest BCUT2D eigenvalue weighted by Crippen LogP contribution is -2.32. The number of nitrogens with zero attached hydrogens (tertiary/aromatic N) is 3. The number of nitrogens with one attached hydrogen (secondary N) is 1. The number of hydrogen-bond donors (Lipinski definition) is 2. The third-order valence-electron chi connectivity index (χ3n) is 3.24. The van der Waals surface area contributed by atoms with Crippen LogP contribution in [0.15, 0.2) is 27.4 Å². The highest BCUT2D eigenvalue weighted by molar-refractivity contribution is 9.10. The monoisotopic (exact) mass is 341 g/mol. The van der Waals surface area contributed by atoms with Crippen molar-refractivity contribution in [1.82, 2.24) is 20.1 Å². The molecule has 0 bridgehead atoms. The van der Waals surface area contributed by atoms with Gasteiger partial charge in [-0.3, -0.25) is 10.5 Å². The largest absolute Gasteiger partial charge is 0.469 e. The first kappa shape index (κ1) is 15.2. The average Bonchev–Trinajstić information content (AvgIpc) is 2.97. The highest BCUT2D eigenvalue weighted by Crippen LogP contribution is 2.30. The van der Waals surface area contributed by atoms with Gasteiger partial charge in [0.15, 0.2) is 0 Å². The number of likely N-dealkylation sites (N-methyl/N-ethyl adjacent to an activating group) is 1. The van der Waals surface area contributed by atoms with Crippen LogP contribution >= 0.6 is 15.9 Å². The van der Waals surface area contributed by atoms with E-state index in [2.05, 4.69) is 31.4 Å². The number of halogens is 1. The van der Waals surface area contributed by atoms with E-state index in [1.165, 1.54) is 0 Å². The summed E-state index contributed by atoms with van der Waals surface area (Å²) in [5.41, 5.74) is 4.86. The molecule has 0 saturated heterocycles. The Morgan fingerprint density at radius 2 is 2.30 bits per heavy atom.